The SMILES string of the molecule is BrCc1cccc(Br)c1.Cn1c(=O)c2c(nc(Br)n2Cc2cccc(Br)c2)n(C)c1=O.Cn1c2c(c(=O)n(C)c1=O)CC(Br)=N2. The summed E-state index contributed by atoms with van der Waals surface area (Å²) in [5.74, 6) is 0.463. The Bertz CT molecular complexity index is 2200. The molecule has 0 aliphatic carbocycles. The quantitative estimate of drug-likeness (QED) is 0.177. The first-order valence-electron chi connectivity index (χ1n) is 13.1. The van der Waals surface area contributed by atoms with Crippen molar-refractivity contribution in [2.45, 2.75) is 18.3 Å². The van der Waals surface area contributed by atoms with Crippen molar-refractivity contribution in [3.8, 4) is 0 Å². The maximum atomic E-state index is 12.5. The molecule has 0 saturated carbocycles. The molecular weight excluding hydrogens is 910 g/mol. The molecular formula is C29H26Br5N7O4. The van der Waals surface area contributed by atoms with Gasteiger partial charge in [0.2, 0.25) is 0 Å². The van der Waals surface area contributed by atoms with Crippen molar-refractivity contribution < 1.29 is 0 Å². The minimum atomic E-state index is -0.392. The van der Waals surface area contributed by atoms with Crippen LogP contribution < -0.4 is 22.5 Å². The third-order valence-corrected chi connectivity index (χ3v) is 9.55. The lowest BCUT2D eigenvalue weighted by Crippen LogP contribution is -2.38. The van der Waals surface area contributed by atoms with Crippen LogP contribution in [0.5, 0.6) is 0 Å². The number of halogens is 5. The van der Waals surface area contributed by atoms with E-state index >= 15 is 0 Å². The molecule has 236 valence electrons. The van der Waals surface area contributed by atoms with Crippen LogP contribution in [0.25, 0.3) is 11.2 Å². The van der Waals surface area contributed by atoms with Gasteiger partial charge >= 0.3 is 11.4 Å². The van der Waals surface area contributed by atoms with Crippen molar-refractivity contribution in [1.82, 2.24) is 27.8 Å². The van der Waals surface area contributed by atoms with E-state index < -0.39 is 5.69 Å². The van der Waals surface area contributed by atoms with Gasteiger partial charge < -0.3 is 4.57 Å². The number of aromatic nitrogens is 6. The summed E-state index contributed by atoms with van der Waals surface area (Å²) < 4.78 is 10.0. The lowest BCUT2D eigenvalue weighted by atomic mass is 10.2. The van der Waals surface area contributed by atoms with E-state index in [0.717, 1.165) is 29.0 Å². The second-order valence-electron chi connectivity index (χ2n) is 9.91. The van der Waals surface area contributed by atoms with E-state index in [1.807, 2.05) is 36.4 Å². The highest BCUT2D eigenvalue weighted by atomic mass is 79.9. The Morgan fingerprint density at radius 3 is 1.87 bits per heavy atom. The van der Waals surface area contributed by atoms with Crippen molar-refractivity contribution in [2.75, 3.05) is 0 Å². The Morgan fingerprint density at radius 2 is 1.29 bits per heavy atom. The van der Waals surface area contributed by atoms with E-state index in [4.69, 9.17) is 0 Å². The molecule has 5 aromatic rings. The summed E-state index contributed by atoms with van der Waals surface area (Å²) in [5, 5.41) is 0.923. The molecule has 11 nitrogen and oxygen atoms in total. The van der Waals surface area contributed by atoms with E-state index in [0.29, 0.717) is 44.9 Å². The number of alkyl halides is 1. The average molecular weight is 936 g/mol. The van der Waals surface area contributed by atoms with E-state index in [2.05, 4.69) is 102 Å². The van der Waals surface area contributed by atoms with Gasteiger partial charge in [-0.05, 0) is 67.3 Å². The first-order chi connectivity index (χ1) is 21.2. The average Bonchev–Trinajstić information content (AvgIpc) is 3.57. The lowest BCUT2D eigenvalue weighted by Gasteiger charge is -2.08. The molecule has 0 radical (unpaired) electrons. The minimum Gasteiger partial charge on any atom is -0.308 e. The zero-order valence-corrected chi connectivity index (χ0v) is 32.3. The van der Waals surface area contributed by atoms with Gasteiger partial charge in [0.15, 0.2) is 15.9 Å². The van der Waals surface area contributed by atoms with Crippen LogP contribution in [0.1, 0.15) is 16.7 Å². The number of imidazole rings is 1. The predicted molar refractivity (Wildman–Crippen MR) is 195 cm³/mol. The van der Waals surface area contributed by atoms with Crippen molar-refractivity contribution >= 4 is 101 Å². The smallest absolute Gasteiger partial charge is 0.308 e. The fraction of sp³-hybridized carbons (Fsp3) is 0.241. The Kier molecular flexibility index (Phi) is 11.6. The van der Waals surface area contributed by atoms with Crippen molar-refractivity contribution in [3.63, 3.8) is 0 Å². The largest absolute Gasteiger partial charge is 0.332 e. The first-order valence-corrected chi connectivity index (χ1v) is 17.4. The molecule has 0 saturated heterocycles. The summed E-state index contributed by atoms with van der Waals surface area (Å²) in [7, 11) is 6.15. The van der Waals surface area contributed by atoms with Gasteiger partial charge in [0.1, 0.15) is 5.82 Å². The van der Waals surface area contributed by atoms with Crippen LogP contribution in [-0.2, 0) is 46.5 Å². The normalized spacial score (nSPS) is 11.8. The number of aliphatic imine (C=N–C) groups is 1. The highest BCUT2D eigenvalue weighted by molar-refractivity contribution is 9.18. The van der Waals surface area contributed by atoms with Crippen LogP contribution in [0.2, 0.25) is 0 Å². The highest BCUT2D eigenvalue weighted by Gasteiger charge is 2.21. The molecule has 0 N–H and O–H groups in total. The molecule has 0 spiro atoms. The molecule has 0 atom stereocenters. The monoisotopic (exact) mass is 931 g/mol. The molecule has 16 heteroatoms. The number of hydrogen-bond donors (Lipinski definition) is 0. The number of hydrogen-bond acceptors (Lipinski definition) is 6. The molecule has 0 bridgehead atoms. The van der Waals surface area contributed by atoms with Gasteiger partial charge in [0.05, 0.1) is 16.7 Å². The summed E-state index contributed by atoms with van der Waals surface area (Å²) >= 11 is 16.8. The zero-order valence-electron chi connectivity index (χ0n) is 24.4. The Balaban J connectivity index is 0.000000171. The van der Waals surface area contributed by atoms with Crippen LogP contribution >= 0.6 is 79.6 Å². The third kappa shape index (κ3) is 7.67. The van der Waals surface area contributed by atoms with Crippen LogP contribution in [-0.4, -0.2) is 32.4 Å². The Labute approximate surface area is 298 Å². The van der Waals surface area contributed by atoms with Gasteiger partial charge in [0.25, 0.3) is 11.1 Å². The van der Waals surface area contributed by atoms with Gasteiger partial charge in [-0.3, -0.25) is 27.9 Å². The number of rotatable bonds is 3. The summed E-state index contributed by atoms with van der Waals surface area (Å²) in [5.41, 5.74) is 2.30. The van der Waals surface area contributed by atoms with Gasteiger partial charge in [-0.2, -0.15) is 0 Å². The topological polar surface area (TPSA) is 118 Å². The molecule has 3 aromatic heterocycles. The number of aryl methyl sites for hydroxylation is 1. The lowest BCUT2D eigenvalue weighted by molar-refractivity contribution is 0.682. The molecule has 2 aromatic carbocycles. The number of benzene rings is 2. The van der Waals surface area contributed by atoms with Crippen LogP contribution in [0.4, 0.5) is 5.82 Å². The Hall–Kier alpha value is -2.66. The van der Waals surface area contributed by atoms with Gasteiger partial charge in [-0.15, -0.1) is 0 Å². The third-order valence-electron chi connectivity index (χ3n) is 6.85. The summed E-state index contributed by atoms with van der Waals surface area (Å²) in [4.78, 5) is 56.0. The van der Waals surface area contributed by atoms with Crippen molar-refractivity contribution in [1.29, 1.82) is 0 Å². The minimum absolute atomic E-state index is 0.263. The fourth-order valence-corrected chi connectivity index (χ4v) is 6.66. The van der Waals surface area contributed by atoms with Crippen LogP contribution in [0.15, 0.2) is 86.4 Å². The molecule has 0 amide bonds. The van der Waals surface area contributed by atoms with Gasteiger partial charge in [-0.25, -0.2) is 19.6 Å². The molecule has 45 heavy (non-hydrogen) atoms. The van der Waals surface area contributed by atoms with E-state index in [1.165, 1.54) is 28.8 Å². The predicted octanol–water partition coefficient (Wildman–Crippen LogP) is 5.42. The molecule has 1 aliphatic heterocycles. The number of fused-ring (bicyclic) bond motifs is 2. The standard InChI is InChI=1S/C14H12Br2N4O2.C8H8BrN3O2.C7H6Br2/c1-18-11-10(12(21)19(2)14(18)22)20(13(16)17-11)7-8-4-3-5-9(15)6-8;1-11-6-4(3-5(9)10-6)7(13)12(2)8(11)14;8-5-6-2-1-3-7(9)4-6/h3-6H,7H2,1-2H3;3H2,1-2H3;1-4H,5H2. The van der Waals surface area contributed by atoms with E-state index in [9.17, 15) is 19.2 Å². The maximum Gasteiger partial charge on any atom is 0.332 e. The van der Waals surface area contributed by atoms with Crippen LogP contribution in [0, 0.1) is 0 Å². The second kappa shape index (κ2) is 14.8. The summed E-state index contributed by atoms with van der Waals surface area (Å²) in [6.07, 6.45) is 0.468. The van der Waals surface area contributed by atoms with Gasteiger partial charge in [-0.1, -0.05) is 72.1 Å². The summed E-state index contributed by atoms with van der Waals surface area (Å²) in [6.45, 7) is 0.476. The molecule has 6 rings (SSSR count). The van der Waals surface area contributed by atoms with Crippen molar-refractivity contribution in [2.24, 2.45) is 33.2 Å². The molecule has 1 aliphatic rings. The summed E-state index contributed by atoms with van der Waals surface area (Å²) in [6, 6.07) is 16.0. The number of nitrogens with zero attached hydrogens (tertiary/aromatic N) is 7. The highest BCUT2D eigenvalue weighted by Crippen LogP contribution is 2.23. The first kappa shape index (κ1) is 35.2. The Morgan fingerprint density at radius 1 is 0.733 bits per heavy atom. The second-order valence-corrected chi connectivity index (χ2v) is 13.9. The van der Waals surface area contributed by atoms with Crippen molar-refractivity contribution in [3.05, 3.63) is 121 Å². The molecule has 4 heterocycles. The van der Waals surface area contributed by atoms with E-state index in [-0.39, 0.29) is 16.8 Å². The maximum absolute atomic E-state index is 12.5. The van der Waals surface area contributed by atoms with Gasteiger partial charge in [0, 0.05) is 48.9 Å². The fourth-order valence-electron chi connectivity index (χ4n) is 4.50. The molecule has 0 unspecified atom stereocenters. The van der Waals surface area contributed by atoms with Crippen LogP contribution in [0.3, 0.4) is 0 Å². The van der Waals surface area contributed by atoms with E-state index in [1.54, 1.807) is 18.7 Å². The zero-order chi connectivity index (χ0) is 33.2. The molecule has 0 fully saturated rings.